The lowest BCUT2D eigenvalue weighted by Gasteiger charge is -2.22. The van der Waals surface area contributed by atoms with Gasteiger partial charge in [0.2, 0.25) is 0 Å². The molecule has 2 rings (SSSR count). The molecular weight excluding hydrogens is 208 g/mol. The minimum absolute atomic E-state index is 1.05. The maximum Gasteiger partial charge on any atom is 0.0107 e. The van der Waals surface area contributed by atoms with E-state index >= 15 is 0 Å². The SMILES string of the molecule is CCCCCNCCN(CC1CC1)CC1CC1. The van der Waals surface area contributed by atoms with Crippen LogP contribution in [0.2, 0.25) is 0 Å². The Morgan fingerprint density at radius 1 is 0.941 bits per heavy atom. The molecule has 0 aromatic heterocycles. The van der Waals surface area contributed by atoms with E-state index in [1.807, 2.05) is 0 Å². The van der Waals surface area contributed by atoms with E-state index in [1.165, 1.54) is 77.7 Å². The molecule has 1 N–H and O–H groups in total. The molecule has 0 spiro atoms. The summed E-state index contributed by atoms with van der Waals surface area (Å²) in [5.74, 6) is 2.10. The van der Waals surface area contributed by atoms with Gasteiger partial charge in [0.15, 0.2) is 0 Å². The standard InChI is InChI=1S/C15H30N2/c1-2-3-4-9-16-10-11-17(12-14-5-6-14)13-15-7-8-15/h14-16H,2-13H2,1H3. The van der Waals surface area contributed by atoms with Crippen molar-refractivity contribution in [3.8, 4) is 0 Å². The summed E-state index contributed by atoms with van der Waals surface area (Å²) in [6.07, 6.45) is 10.0. The van der Waals surface area contributed by atoms with E-state index in [2.05, 4.69) is 17.1 Å². The highest BCUT2D eigenvalue weighted by Gasteiger charge is 2.28. The summed E-state index contributed by atoms with van der Waals surface area (Å²) in [6.45, 7) is 8.73. The summed E-state index contributed by atoms with van der Waals surface area (Å²) in [5, 5.41) is 3.60. The number of nitrogens with one attached hydrogen (secondary N) is 1. The summed E-state index contributed by atoms with van der Waals surface area (Å²) in [5.41, 5.74) is 0. The van der Waals surface area contributed by atoms with Gasteiger partial charge >= 0.3 is 0 Å². The second kappa shape index (κ2) is 7.38. The topological polar surface area (TPSA) is 15.3 Å². The zero-order valence-corrected chi connectivity index (χ0v) is 11.6. The Kier molecular flexibility index (Phi) is 5.79. The first-order valence-corrected chi connectivity index (χ1v) is 7.81. The third kappa shape index (κ3) is 6.42. The lowest BCUT2D eigenvalue weighted by molar-refractivity contribution is 0.252. The molecule has 0 heterocycles. The molecule has 0 aromatic rings. The Hall–Kier alpha value is -0.0800. The van der Waals surface area contributed by atoms with Gasteiger partial charge < -0.3 is 10.2 Å². The Bertz CT molecular complexity index is 183. The number of hydrogen-bond acceptors (Lipinski definition) is 2. The van der Waals surface area contributed by atoms with Crippen molar-refractivity contribution in [3.63, 3.8) is 0 Å². The molecule has 2 heteroatoms. The number of nitrogens with zero attached hydrogens (tertiary/aromatic N) is 1. The van der Waals surface area contributed by atoms with Gasteiger partial charge in [0, 0.05) is 26.2 Å². The third-order valence-electron chi connectivity index (χ3n) is 3.99. The van der Waals surface area contributed by atoms with Crippen LogP contribution < -0.4 is 5.32 Å². The molecule has 0 radical (unpaired) electrons. The second-order valence-electron chi connectivity index (χ2n) is 6.10. The summed E-state index contributed by atoms with van der Waals surface area (Å²) >= 11 is 0. The minimum atomic E-state index is 1.05. The van der Waals surface area contributed by atoms with Crippen LogP contribution in [0.4, 0.5) is 0 Å². The van der Waals surface area contributed by atoms with Crippen LogP contribution in [-0.4, -0.2) is 37.6 Å². The van der Waals surface area contributed by atoms with Gasteiger partial charge in [-0.3, -0.25) is 0 Å². The molecule has 0 aromatic carbocycles. The lowest BCUT2D eigenvalue weighted by Crippen LogP contribution is -2.35. The maximum atomic E-state index is 3.60. The summed E-state index contributed by atoms with van der Waals surface area (Å²) < 4.78 is 0. The highest BCUT2D eigenvalue weighted by molar-refractivity contribution is 4.82. The summed E-state index contributed by atoms with van der Waals surface area (Å²) in [4.78, 5) is 2.72. The van der Waals surface area contributed by atoms with Crippen molar-refractivity contribution in [2.75, 3.05) is 32.7 Å². The fourth-order valence-electron chi connectivity index (χ4n) is 2.45. The van der Waals surface area contributed by atoms with Crippen LogP contribution in [0.25, 0.3) is 0 Å². The van der Waals surface area contributed by atoms with E-state index in [9.17, 15) is 0 Å². The molecule has 100 valence electrons. The van der Waals surface area contributed by atoms with E-state index < -0.39 is 0 Å². The number of hydrogen-bond donors (Lipinski definition) is 1. The van der Waals surface area contributed by atoms with Crippen molar-refractivity contribution < 1.29 is 0 Å². The third-order valence-corrected chi connectivity index (χ3v) is 3.99. The zero-order chi connectivity index (χ0) is 11.9. The molecule has 2 aliphatic carbocycles. The van der Waals surface area contributed by atoms with Crippen LogP contribution in [0.15, 0.2) is 0 Å². The van der Waals surface area contributed by atoms with E-state index in [-0.39, 0.29) is 0 Å². The molecule has 2 nitrogen and oxygen atoms in total. The highest BCUT2D eigenvalue weighted by atomic mass is 15.1. The minimum Gasteiger partial charge on any atom is -0.315 e. The summed E-state index contributed by atoms with van der Waals surface area (Å²) in [6, 6.07) is 0. The molecule has 2 saturated carbocycles. The monoisotopic (exact) mass is 238 g/mol. The predicted octanol–water partition coefficient (Wildman–Crippen LogP) is 2.89. The molecule has 0 atom stereocenters. The Morgan fingerprint density at radius 2 is 1.59 bits per heavy atom. The van der Waals surface area contributed by atoms with Gasteiger partial charge in [0.25, 0.3) is 0 Å². The van der Waals surface area contributed by atoms with Gasteiger partial charge in [-0.05, 0) is 50.5 Å². The average Bonchev–Trinajstić information content (AvgIpc) is 3.18. The van der Waals surface area contributed by atoms with E-state index in [0.29, 0.717) is 0 Å². The molecule has 2 fully saturated rings. The fourth-order valence-corrected chi connectivity index (χ4v) is 2.45. The first-order chi connectivity index (χ1) is 8.38. The molecule has 0 aliphatic heterocycles. The van der Waals surface area contributed by atoms with Crippen LogP contribution in [0.5, 0.6) is 0 Å². The molecular formula is C15H30N2. The first kappa shape index (κ1) is 13.4. The van der Waals surface area contributed by atoms with Gasteiger partial charge in [0.05, 0.1) is 0 Å². The predicted molar refractivity (Wildman–Crippen MR) is 74.3 cm³/mol. The molecule has 17 heavy (non-hydrogen) atoms. The molecule has 0 saturated heterocycles. The second-order valence-corrected chi connectivity index (χ2v) is 6.10. The van der Waals surface area contributed by atoms with Crippen molar-refractivity contribution in [3.05, 3.63) is 0 Å². The maximum absolute atomic E-state index is 3.60. The molecule has 0 bridgehead atoms. The van der Waals surface area contributed by atoms with Gasteiger partial charge in [-0.2, -0.15) is 0 Å². The quantitative estimate of drug-likeness (QED) is 0.557. The van der Waals surface area contributed by atoms with Crippen molar-refractivity contribution in [2.45, 2.75) is 51.9 Å². The Labute approximate surface area is 107 Å². The lowest BCUT2D eigenvalue weighted by atomic mass is 10.2. The Morgan fingerprint density at radius 3 is 2.12 bits per heavy atom. The molecule has 2 aliphatic rings. The van der Waals surface area contributed by atoms with Gasteiger partial charge in [-0.25, -0.2) is 0 Å². The van der Waals surface area contributed by atoms with Crippen LogP contribution in [0.3, 0.4) is 0 Å². The van der Waals surface area contributed by atoms with Crippen molar-refractivity contribution >= 4 is 0 Å². The van der Waals surface area contributed by atoms with Gasteiger partial charge in [-0.15, -0.1) is 0 Å². The average molecular weight is 238 g/mol. The fraction of sp³-hybridized carbons (Fsp3) is 1.00. The molecule has 0 unspecified atom stereocenters. The Balaban J connectivity index is 1.49. The first-order valence-electron chi connectivity index (χ1n) is 7.81. The normalized spacial score (nSPS) is 20.1. The number of rotatable bonds is 11. The molecule has 0 amide bonds. The smallest absolute Gasteiger partial charge is 0.0107 e. The van der Waals surface area contributed by atoms with Crippen LogP contribution in [0.1, 0.15) is 51.9 Å². The van der Waals surface area contributed by atoms with Crippen molar-refractivity contribution in [1.29, 1.82) is 0 Å². The summed E-state index contributed by atoms with van der Waals surface area (Å²) in [7, 11) is 0. The van der Waals surface area contributed by atoms with Crippen LogP contribution in [0, 0.1) is 11.8 Å². The van der Waals surface area contributed by atoms with E-state index in [1.54, 1.807) is 0 Å². The van der Waals surface area contributed by atoms with Gasteiger partial charge in [-0.1, -0.05) is 19.8 Å². The van der Waals surface area contributed by atoms with E-state index in [4.69, 9.17) is 0 Å². The van der Waals surface area contributed by atoms with Crippen LogP contribution in [-0.2, 0) is 0 Å². The van der Waals surface area contributed by atoms with Crippen LogP contribution >= 0.6 is 0 Å². The number of unbranched alkanes of at least 4 members (excludes halogenated alkanes) is 2. The van der Waals surface area contributed by atoms with Crippen molar-refractivity contribution in [1.82, 2.24) is 10.2 Å². The zero-order valence-electron chi connectivity index (χ0n) is 11.6. The van der Waals surface area contributed by atoms with Crippen molar-refractivity contribution in [2.24, 2.45) is 11.8 Å². The van der Waals surface area contributed by atoms with E-state index in [0.717, 1.165) is 11.8 Å². The van der Waals surface area contributed by atoms with Gasteiger partial charge in [0.1, 0.15) is 0 Å². The highest BCUT2D eigenvalue weighted by Crippen LogP contribution is 2.33. The largest absolute Gasteiger partial charge is 0.315 e.